The zero-order valence-electron chi connectivity index (χ0n) is 15.8. The number of aryl methyl sites for hydroxylation is 2. The number of hydrogen-bond acceptors (Lipinski definition) is 8. The lowest BCUT2D eigenvalue weighted by Gasteiger charge is -2.14. The van der Waals surface area contributed by atoms with Crippen molar-refractivity contribution in [3.8, 4) is 5.75 Å². The van der Waals surface area contributed by atoms with Crippen molar-refractivity contribution in [1.82, 2.24) is 15.0 Å². The smallest absolute Gasteiger partial charge is 0.189 e. The Kier molecular flexibility index (Phi) is 4.70. The molecule has 0 aliphatic heterocycles. The number of nitrogens with zero attached hydrogens (tertiary/aromatic N) is 3. The lowest BCUT2D eigenvalue weighted by molar-refractivity contribution is 0.416. The van der Waals surface area contributed by atoms with Crippen LogP contribution < -0.4 is 21.1 Å². The Morgan fingerprint density at radius 3 is 2.46 bits per heavy atom. The molecule has 0 saturated carbocycles. The lowest BCUT2D eigenvalue weighted by atomic mass is 10.2. The molecule has 0 aliphatic carbocycles. The second-order valence-corrected chi connectivity index (χ2v) is 7.46. The van der Waals surface area contributed by atoms with Gasteiger partial charge in [-0.05, 0) is 49.2 Å². The summed E-state index contributed by atoms with van der Waals surface area (Å²) in [7, 11) is 1.63. The number of rotatable bonds is 5. The number of anilines is 5. The lowest BCUT2D eigenvalue weighted by Crippen LogP contribution is -2.05. The van der Waals surface area contributed by atoms with Crippen LogP contribution in [0.1, 0.15) is 11.1 Å². The number of methoxy groups -OCH3 is 1. The summed E-state index contributed by atoms with van der Waals surface area (Å²) in [6, 6.07) is 12.0. The fourth-order valence-corrected chi connectivity index (χ4v) is 3.79. The third-order valence-corrected chi connectivity index (χ3v) is 5.19. The maximum Gasteiger partial charge on any atom is 0.189 e. The molecule has 0 amide bonds. The second-order valence-electron chi connectivity index (χ2n) is 6.43. The van der Waals surface area contributed by atoms with Crippen LogP contribution >= 0.6 is 11.3 Å². The fraction of sp³-hybridized carbons (Fsp3) is 0.150. The van der Waals surface area contributed by atoms with Crippen LogP contribution in [-0.2, 0) is 0 Å². The summed E-state index contributed by atoms with van der Waals surface area (Å²) in [5, 5.41) is 7.17. The van der Waals surface area contributed by atoms with Gasteiger partial charge in [0.1, 0.15) is 17.8 Å². The first-order valence-electron chi connectivity index (χ1n) is 8.70. The standard InChI is InChI=1S/C20H20N6OS/c1-11-5-7-15(27-3)14(8-11)24-18-17(21)19(23-10-22-18)26-20-25-13-6-4-12(2)9-16(13)28-20/h4-10H,21H2,1-3H3,(H2,22,23,24,25,26). The minimum absolute atomic E-state index is 0.404. The molecule has 0 fully saturated rings. The molecular formula is C20H20N6OS. The van der Waals surface area contributed by atoms with Crippen molar-refractivity contribution in [3.63, 3.8) is 0 Å². The molecule has 28 heavy (non-hydrogen) atoms. The average molecular weight is 392 g/mol. The molecule has 0 saturated heterocycles. The maximum absolute atomic E-state index is 6.31. The van der Waals surface area contributed by atoms with Crippen molar-refractivity contribution in [2.45, 2.75) is 13.8 Å². The highest BCUT2D eigenvalue weighted by Crippen LogP contribution is 2.34. The highest BCUT2D eigenvalue weighted by atomic mass is 32.1. The zero-order valence-corrected chi connectivity index (χ0v) is 16.6. The molecule has 2 aromatic heterocycles. The summed E-state index contributed by atoms with van der Waals surface area (Å²) in [4.78, 5) is 13.1. The van der Waals surface area contributed by atoms with Gasteiger partial charge in [0.15, 0.2) is 16.8 Å². The van der Waals surface area contributed by atoms with Gasteiger partial charge in [-0.1, -0.05) is 23.5 Å². The molecule has 0 bridgehead atoms. The second kappa shape index (κ2) is 7.32. The van der Waals surface area contributed by atoms with E-state index in [1.165, 1.54) is 11.9 Å². The fourth-order valence-electron chi connectivity index (χ4n) is 2.83. The van der Waals surface area contributed by atoms with Gasteiger partial charge < -0.3 is 21.1 Å². The molecule has 4 N–H and O–H groups in total. The summed E-state index contributed by atoms with van der Waals surface area (Å²) in [5.41, 5.74) is 10.7. The van der Waals surface area contributed by atoms with Crippen molar-refractivity contribution in [2.24, 2.45) is 0 Å². The van der Waals surface area contributed by atoms with Gasteiger partial charge in [0, 0.05) is 0 Å². The van der Waals surface area contributed by atoms with Gasteiger partial charge in [-0.15, -0.1) is 0 Å². The number of nitrogen functional groups attached to an aromatic ring is 1. The van der Waals surface area contributed by atoms with E-state index < -0.39 is 0 Å². The number of benzene rings is 2. The molecule has 7 nitrogen and oxygen atoms in total. The largest absolute Gasteiger partial charge is 0.495 e. The number of nitrogens with two attached hydrogens (primary N) is 1. The van der Waals surface area contributed by atoms with E-state index in [1.807, 2.05) is 37.3 Å². The zero-order chi connectivity index (χ0) is 19.7. The highest BCUT2D eigenvalue weighted by Gasteiger charge is 2.13. The normalized spacial score (nSPS) is 10.8. The highest BCUT2D eigenvalue weighted by molar-refractivity contribution is 7.22. The predicted molar refractivity (Wildman–Crippen MR) is 115 cm³/mol. The predicted octanol–water partition coefficient (Wildman–Crippen LogP) is 4.78. The van der Waals surface area contributed by atoms with Crippen LogP contribution in [0.15, 0.2) is 42.7 Å². The third-order valence-electron chi connectivity index (χ3n) is 4.26. The Labute approximate surface area is 166 Å². The number of fused-ring (bicyclic) bond motifs is 1. The van der Waals surface area contributed by atoms with Crippen LogP contribution in [0.5, 0.6) is 5.75 Å². The maximum atomic E-state index is 6.31. The molecule has 2 heterocycles. The van der Waals surface area contributed by atoms with Crippen LogP contribution in [0.3, 0.4) is 0 Å². The minimum atomic E-state index is 0.404. The SMILES string of the molecule is COc1ccc(C)cc1Nc1ncnc(Nc2nc3ccc(C)cc3s2)c1N. The Hall–Kier alpha value is -3.39. The van der Waals surface area contributed by atoms with E-state index in [0.29, 0.717) is 23.1 Å². The van der Waals surface area contributed by atoms with Crippen LogP contribution in [0.4, 0.5) is 28.1 Å². The molecule has 142 valence electrons. The quantitative estimate of drug-likeness (QED) is 0.449. The van der Waals surface area contributed by atoms with Crippen molar-refractivity contribution in [3.05, 3.63) is 53.9 Å². The molecule has 0 atom stereocenters. The summed E-state index contributed by atoms with van der Waals surface area (Å²) in [6.07, 6.45) is 1.46. The Balaban J connectivity index is 1.64. The van der Waals surface area contributed by atoms with Crippen molar-refractivity contribution in [2.75, 3.05) is 23.5 Å². The molecular weight excluding hydrogens is 372 g/mol. The van der Waals surface area contributed by atoms with Gasteiger partial charge in [-0.3, -0.25) is 0 Å². The monoisotopic (exact) mass is 392 g/mol. The van der Waals surface area contributed by atoms with E-state index >= 15 is 0 Å². The first-order valence-corrected chi connectivity index (χ1v) is 9.51. The molecule has 0 spiro atoms. The Morgan fingerprint density at radius 1 is 0.964 bits per heavy atom. The molecule has 4 rings (SSSR count). The van der Waals surface area contributed by atoms with Crippen LogP contribution in [0.25, 0.3) is 10.2 Å². The van der Waals surface area contributed by atoms with Gasteiger partial charge in [-0.2, -0.15) is 0 Å². The van der Waals surface area contributed by atoms with Gasteiger partial charge >= 0.3 is 0 Å². The number of ether oxygens (including phenoxy) is 1. The van der Waals surface area contributed by atoms with Crippen LogP contribution in [0.2, 0.25) is 0 Å². The van der Waals surface area contributed by atoms with E-state index in [4.69, 9.17) is 10.5 Å². The molecule has 8 heteroatoms. The summed E-state index contributed by atoms with van der Waals surface area (Å²) in [6.45, 7) is 4.07. The first kappa shape index (κ1) is 18.0. The van der Waals surface area contributed by atoms with E-state index in [-0.39, 0.29) is 0 Å². The van der Waals surface area contributed by atoms with E-state index in [0.717, 1.165) is 26.6 Å². The van der Waals surface area contributed by atoms with Gasteiger partial charge in [-0.25, -0.2) is 15.0 Å². The van der Waals surface area contributed by atoms with Gasteiger partial charge in [0.05, 0.1) is 23.0 Å². The minimum Gasteiger partial charge on any atom is -0.495 e. The molecule has 0 unspecified atom stereocenters. The third kappa shape index (κ3) is 3.54. The summed E-state index contributed by atoms with van der Waals surface area (Å²) >= 11 is 1.55. The average Bonchev–Trinajstić information content (AvgIpc) is 3.06. The van der Waals surface area contributed by atoms with Gasteiger partial charge in [0.2, 0.25) is 0 Å². The van der Waals surface area contributed by atoms with Crippen LogP contribution in [0, 0.1) is 13.8 Å². The van der Waals surface area contributed by atoms with Crippen molar-refractivity contribution in [1.29, 1.82) is 0 Å². The van der Waals surface area contributed by atoms with Crippen molar-refractivity contribution >= 4 is 49.7 Å². The molecule has 4 aromatic rings. The number of thiazole rings is 1. The van der Waals surface area contributed by atoms with E-state index in [9.17, 15) is 0 Å². The molecule has 0 aliphatic rings. The van der Waals surface area contributed by atoms with Crippen molar-refractivity contribution < 1.29 is 4.74 Å². The molecule has 2 aromatic carbocycles. The molecule has 0 radical (unpaired) electrons. The number of aromatic nitrogens is 3. The van der Waals surface area contributed by atoms with E-state index in [1.54, 1.807) is 18.4 Å². The van der Waals surface area contributed by atoms with Gasteiger partial charge in [0.25, 0.3) is 0 Å². The number of hydrogen-bond donors (Lipinski definition) is 3. The van der Waals surface area contributed by atoms with Crippen LogP contribution in [-0.4, -0.2) is 22.1 Å². The summed E-state index contributed by atoms with van der Waals surface area (Å²) in [5.74, 6) is 1.71. The Morgan fingerprint density at radius 2 is 1.68 bits per heavy atom. The van der Waals surface area contributed by atoms with E-state index in [2.05, 4.69) is 38.6 Å². The summed E-state index contributed by atoms with van der Waals surface area (Å²) < 4.78 is 6.52. The Bertz CT molecular complexity index is 1160. The topological polar surface area (TPSA) is 98.0 Å². The number of nitrogens with one attached hydrogen (secondary N) is 2. The first-order chi connectivity index (χ1) is 13.5.